The zero-order valence-corrected chi connectivity index (χ0v) is 17.9. The second kappa shape index (κ2) is 7.34. The molecule has 0 aliphatic heterocycles. The first-order chi connectivity index (χ1) is 25.8. The normalized spacial score (nSPS) is 19.3. The predicted molar refractivity (Wildman–Crippen MR) is 149 cm³/mol. The molecule has 168 valence electrons. The Morgan fingerprint density at radius 3 is 1.89 bits per heavy atom. The van der Waals surface area contributed by atoms with E-state index in [9.17, 15) is 4.11 Å². The van der Waals surface area contributed by atoms with Gasteiger partial charge in [-0.25, -0.2) is 0 Å². The Bertz CT molecular complexity index is 3030. The van der Waals surface area contributed by atoms with Crippen molar-refractivity contribution in [2.75, 3.05) is 0 Å². The molecule has 0 saturated carbocycles. The number of benzene rings is 6. The molecule has 0 radical (unpaired) electrons. The van der Waals surface area contributed by atoms with Crippen LogP contribution in [0.5, 0.6) is 0 Å². The van der Waals surface area contributed by atoms with Crippen LogP contribution in [0.1, 0.15) is 26.0 Å². The van der Waals surface area contributed by atoms with Crippen molar-refractivity contribution in [1.82, 2.24) is 0 Å². The summed E-state index contributed by atoms with van der Waals surface area (Å²) in [5.41, 5.74) is -3.16. The van der Waals surface area contributed by atoms with Crippen molar-refractivity contribution in [2.45, 2.75) is 0 Å². The fourth-order valence-corrected chi connectivity index (χ4v) is 4.63. The topological polar surface area (TPSA) is 26.3 Å². The first-order valence-electron chi connectivity index (χ1n) is 20.1. The lowest BCUT2D eigenvalue weighted by atomic mass is 9.85. The molecule has 0 N–H and O–H groups in total. The van der Waals surface area contributed by atoms with Crippen molar-refractivity contribution < 1.29 is 34.9 Å². The lowest BCUT2D eigenvalue weighted by Crippen LogP contribution is -1.91. The van der Waals surface area contributed by atoms with E-state index < -0.39 is 164 Å². The van der Waals surface area contributed by atoms with E-state index in [1.807, 2.05) is 0 Å². The summed E-state index contributed by atoms with van der Waals surface area (Å²) in [7, 11) is 0. The molecule has 2 heterocycles. The Labute approximate surface area is 233 Å². The van der Waals surface area contributed by atoms with Gasteiger partial charge in [0.2, 0.25) is 0 Å². The molecule has 6 aromatic carbocycles. The molecule has 0 aliphatic carbocycles. The van der Waals surface area contributed by atoms with Gasteiger partial charge in [0.05, 0.1) is 36.3 Å². The molecule has 0 atom stereocenters. The lowest BCUT2D eigenvalue weighted by molar-refractivity contribution is 0.618. The SMILES string of the molecule is [2H]c1cc2c([2H])c([2H])c3oc4c([2H])c([2H])c([2H])c(-c5c6c([2H])c([2H])c([2H])c([2H])c6c(-c6c([2H])c([2H])c([2H])c([2H])c6[2H])c6c([2H])c([2H])c([2H])c([2H])c56)c4c3c2o1. The Kier molecular flexibility index (Phi) is 1.77. The van der Waals surface area contributed by atoms with Gasteiger partial charge in [0.1, 0.15) is 18.1 Å². The minimum atomic E-state index is -0.855. The van der Waals surface area contributed by atoms with Gasteiger partial charge >= 0.3 is 0 Å². The largest absolute Gasteiger partial charge is 0.464 e. The average Bonchev–Trinajstić information content (AvgIpc) is 3.75. The van der Waals surface area contributed by atoms with Crippen LogP contribution in [0, 0.1) is 0 Å². The summed E-state index contributed by atoms with van der Waals surface area (Å²) in [4.78, 5) is 0. The fraction of sp³-hybridized carbons (Fsp3) is 0. The quantitative estimate of drug-likeness (QED) is 0.231. The number of fused-ring (bicyclic) bond motifs is 7. The van der Waals surface area contributed by atoms with Crippen molar-refractivity contribution in [1.29, 1.82) is 0 Å². The van der Waals surface area contributed by atoms with E-state index >= 15 is 0 Å². The fourth-order valence-electron chi connectivity index (χ4n) is 4.63. The molecule has 0 unspecified atom stereocenters. The highest BCUT2D eigenvalue weighted by Gasteiger charge is 2.21. The summed E-state index contributed by atoms with van der Waals surface area (Å²) < 4.78 is 178. The van der Waals surface area contributed by atoms with Crippen LogP contribution in [-0.4, -0.2) is 0 Å². The van der Waals surface area contributed by atoms with Gasteiger partial charge in [-0.1, -0.05) is 90.6 Å². The van der Waals surface area contributed by atoms with Crippen molar-refractivity contribution in [3.8, 4) is 22.3 Å². The molecule has 0 bridgehead atoms. The first kappa shape index (κ1) is 8.69. The van der Waals surface area contributed by atoms with Gasteiger partial charge in [-0.3, -0.25) is 0 Å². The van der Waals surface area contributed by atoms with Crippen LogP contribution < -0.4 is 0 Å². The first-order valence-corrected chi connectivity index (χ1v) is 10.6. The van der Waals surface area contributed by atoms with Crippen LogP contribution in [0.25, 0.3) is 76.7 Å². The van der Waals surface area contributed by atoms with Crippen LogP contribution >= 0.6 is 0 Å². The van der Waals surface area contributed by atoms with Gasteiger partial charge in [-0.2, -0.15) is 0 Å². The lowest BCUT2D eigenvalue weighted by Gasteiger charge is -2.18. The third-order valence-electron chi connectivity index (χ3n) is 6.04. The minimum absolute atomic E-state index is 0.0424. The molecule has 8 aromatic rings. The molecule has 0 fully saturated rings. The van der Waals surface area contributed by atoms with E-state index in [0.717, 1.165) is 6.07 Å². The number of hydrogen-bond acceptors (Lipinski definition) is 2. The van der Waals surface area contributed by atoms with E-state index in [1.165, 1.54) is 0 Å². The van der Waals surface area contributed by atoms with E-state index in [1.54, 1.807) is 0 Å². The zero-order valence-electron chi connectivity index (χ0n) is 36.9. The second-order valence-corrected chi connectivity index (χ2v) is 7.87. The molecule has 2 aromatic heterocycles. The van der Waals surface area contributed by atoms with Crippen molar-refractivity contribution >= 4 is 54.5 Å². The molecular formula is C34H20O2. The Balaban J connectivity index is 1.82. The molecule has 36 heavy (non-hydrogen) atoms. The zero-order chi connectivity index (χ0) is 40.2. The second-order valence-electron chi connectivity index (χ2n) is 7.87. The standard InChI is InChI=1S/C34H20O2/c1-2-9-21(10-3-1)30-23-11-4-6-13-25(23)31(26-14-7-5-12-24(26)30)27-15-8-16-28-32(27)33-29(36-28)18-17-22-19-20-35-34(22)33/h1-20H/i1D,2D,3D,4D,5D,6D,7D,8D,9D,10D,11D,12D,13D,14D,15D,16D,17D,18D,20D. The summed E-state index contributed by atoms with van der Waals surface area (Å²) in [5.74, 6) is 0. The molecule has 2 nitrogen and oxygen atoms in total. The highest BCUT2D eigenvalue weighted by atomic mass is 16.3. The van der Waals surface area contributed by atoms with Crippen LogP contribution in [0.2, 0.25) is 0 Å². The highest BCUT2D eigenvalue weighted by Crippen LogP contribution is 2.47. The number of rotatable bonds is 2. The molecule has 0 aliphatic rings. The molecule has 0 amide bonds. The molecule has 0 saturated heterocycles. The summed E-state index contributed by atoms with van der Waals surface area (Å²) in [6.45, 7) is 0. The maximum Gasteiger partial charge on any atom is 0.145 e. The van der Waals surface area contributed by atoms with Gasteiger partial charge < -0.3 is 8.83 Å². The summed E-state index contributed by atoms with van der Waals surface area (Å²) in [6.07, 6.45) is -0.442. The van der Waals surface area contributed by atoms with Gasteiger partial charge in [0.15, 0.2) is 0 Å². The average molecular weight is 480 g/mol. The van der Waals surface area contributed by atoms with Crippen LogP contribution in [0.15, 0.2) is 130 Å². The van der Waals surface area contributed by atoms with E-state index in [0.29, 0.717) is 0 Å². The van der Waals surface area contributed by atoms with Gasteiger partial charge in [0.25, 0.3) is 0 Å². The number of hydrogen-bond donors (Lipinski definition) is 0. The van der Waals surface area contributed by atoms with Gasteiger partial charge in [0, 0.05) is 10.8 Å². The van der Waals surface area contributed by atoms with Crippen LogP contribution in [0.3, 0.4) is 0 Å². The maximum atomic E-state index is 9.32. The molecular weight excluding hydrogens is 440 g/mol. The van der Waals surface area contributed by atoms with E-state index in [2.05, 4.69) is 0 Å². The van der Waals surface area contributed by atoms with Gasteiger partial charge in [-0.05, 0) is 68.0 Å². The summed E-state index contributed by atoms with van der Waals surface area (Å²) in [5, 5.41) is -2.65. The Morgan fingerprint density at radius 1 is 0.528 bits per heavy atom. The van der Waals surface area contributed by atoms with Crippen molar-refractivity contribution in [3.05, 3.63) is 121 Å². The van der Waals surface area contributed by atoms with E-state index in [-0.39, 0.29) is 27.3 Å². The molecule has 2 heteroatoms. The van der Waals surface area contributed by atoms with Crippen molar-refractivity contribution in [2.24, 2.45) is 0 Å². The van der Waals surface area contributed by atoms with Crippen LogP contribution in [-0.2, 0) is 0 Å². The summed E-state index contributed by atoms with van der Waals surface area (Å²) in [6, 6.07) is -13.0. The molecule has 0 spiro atoms. The summed E-state index contributed by atoms with van der Waals surface area (Å²) >= 11 is 0. The Morgan fingerprint density at radius 2 is 1.17 bits per heavy atom. The maximum absolute atomic E-state index is 9.32. The monoisotopic (exact) mass is 479 g/mol. The van der Waals surface area contributed by atoms with Crippen molar-refractivity contribution in [3.63, 3.8) is 0 Å². The molecule has 8 rings (SSSR count). The third kappa shape index (κ3) is 2.61. The number of furan rings is 2. The van der Waals surface area contributed by atoms with Gasteiger partial charge in [-0.15, -0.1) is 0 Å². The Hall–Kier alpha value is -4.82. The predicted octanol–water partition coefficient (Wildman–Crippen LogP) is 9.97. The minimum Gasteiger partial charge on any atom is -0.464 e. The van der Waals surface area contributed by atoms with E-state index in [4.69, 9.17) is 30.8 Å². The highest BCUT2D eigenvalue weighted by molar-refractivity contribution is 6.27. The third-order valence-corrected chi connectivity index (χ3v) is 6.04. The van der Waals surface area contributed by atoms with Crippen LogP contribution in [0.4, 0.5) is 0 Å². The smallest absolute Gasteiger partial charge is 0.145 e.